The number of imide groups is 1. The van der Waals surface area contributed by atoms with Crippen LogP contribution in [-0.2, 0) is 17.8 Å². The Labute approximate surface area is 223 Å². The molecule has 36 heavy (non-hydrogen) atoms. The largest absolute Gasteiger partial charge is 0.493 e. The van der Waals surface area contributed by atoms with Gasteiger partial charge in [-0.05, 0) is 72.2 Å². The highest BCUT2D eigenvalue weighted by Crippen LogP contribution is 2.36. The third-order valence-electron chi connectivity index (χ3n) is 5.38. The minimum absolute atomic E-state index is 0.131. The van der Waals surface area contributed by atoms with Crippen LogP contribution in [0, 0.1) is 0 Å². The summed E-state index contributed by atoms with van der Waals surface area (Å²) in [6.45, 7) is 4.06. The van der Waals surface area contributed by atoms with Gasteiger partial charge >= 0.3 is 6.03 Å². The molecule has 0 radical (unpaired) electrons. The number of nitrogens with zero attached hydrogens (tertiary/aromatic N) is 1. The number of anilines is 1. The van der Waals surface area contributed by atoms with Gasteiger partial charge in [0.05, 0.1) is 22.8 Å². The van der Waals surface area contributed by atoms with E-state index < -0.39 is 11.9 Å². The second kappa shape index (κ2) is 11.1. The van der Waals surface area contributed by atoms with Crippen LogP contribution in [0.5, 0.6) is 11.5 Å². The molecule has 0 aliphatic carbocycles. The maximum atomic E-state index is 13.0. The summed E-state index contributed by atoms with van der Waals surface area (Å²) in [5, 5.41) is 4.03. The van der Waals surface area contributed by atoms with Crippen LogP contribution in [0.1, 0.15) is 16.7 Å². The normalized spacial score (nSPS) is 14.2. The predicted octanol–water partition coefficient (Wildman–Crippen LogP) is 7.06. The van der Waals surface area contributed by atoms with Crippen molar-refractivity contribution in [3.63, 3.8) is 0 Å². The number of hydrogen-bond donors (Lipinski definition) is 1. The van der Waals surface area contributed by atoms with E-state index in [1.54, 1.807) is 54.6 Å². The zero-order chi connectivity index (χ0) is 25.8. The van der Waals surface area contributed by atoms with Crippen LogP contribution in [0.2, 0.25) is 15.1 Å². The summed E-state index contributed by atoms with van der Waals surface area (Å²) in [4.78, 5) is 26.6. The Morgan fingerprint density at radius 2 is 1.75 bits per heavy atom. The van der Waals surface area contributed by atoms with Crippen LogP contribution in [0.25, 0.3) is 6.08 Å². The Kier molecular flexibility index (Phi) is 7.89. The average Bonchev–Trinajstić information content (AvgIpc) is 3.13. The smallest absolute Gasteiger partial charge is 0.333 e. The van der Waals surface area contributed by atoms with E-state index in [9.17, 15) is 9.59 Å². The number of halogens is 3. The van der Waals surface area contributed by atoms with Gasteiger partial charge in [0.2, 0.25) is 0 Å². The molecule has 184 valence electrons. The molecule has 3 aromatic rings. The lowest BCUT2D eigenvalue weighted by Gasteiger charge is -2.16. The predicted molar refractivity (Wildman–Crippen MR) is 143 cm³/mol. The molecular formula is C27H21Cl3N2O4. The van der Waals surface area contributed by atoms with Crippen molar-refractivity contribution >= 4 is 58.5 Å². The highest BCUT2D eigenvalue weighted by molar-refractivity contribution is 6.42. The standard InChI is InChI=1S/C27H21Cl3N2O4/c1-3-4-18-11-17(13-23-26(33)32(27(34)31-23)20-8-6-19(28)7-9-20)14-24(35-2)25(18)36-15-16-5-10-21(29)22(30)12-16/h3,5-14H,1,4,15H2,2H3,(H,31,34)/b23-13+. The second-order valence-corrected chi connectivity index (χ2v) is 9.10. The molecule has 0 bridgehead atoms. The number of carbonyl (C=O) groups excluding carboxylic acids is 2. The molecular weight excluding hydrogens is 523 g/mol. The molecule has 1 aliphatic heterocycles. The van der Waals surface area contributed by atoms with Gasteiger partial charge in [0.15, 0.2) is 11.5 Å². The van der Waals surface area contributed by atoms with Crippen LogP contribution in [0.15, 0.2) is 72.9 Å². The fourth-order valence-electron chi connectivity index (χ4n) is 3.70. The third kappa shape index (κ3) is 5.51. The molecule has 4 rings (SSSR count). The Balaban J connectivity index is 1.63. The molecule has 9 heteroatoms. The topological polar surface area (TPSA) is 67.9 Å². The van der Waals surface area contributed by atoms with E-state index in [0.29, 0.717) is 44.2 Å². The molecule has 0 atom stereocenters. The molecule has 1 fully saturated rings. The molecule has 1 aliphatic rings. The number of ether oxygens (including phenoxy) is 2. The van der Waals surface area contributed by atoms with Gasteiger partial charge in [-0.3, -0.25) is 4.79 Å². The van der Waals surface area contributed by atoms with Crippen LogP contribution in [0.4, 0.5) is 10.5 Å². The molecule has 0 unspecified atom stereocenters. The molecule has 1 N–H and O–H groups in total. The first-order valence-electron chi connectivity index (χ1n) is 10.8. The number of methoxy groups -OCH3 is 1. The van der Waals surface area contributed by atoms with Gasteiger partial charge in [-0.1, -0.05) is 46.9 Å². The lowest BCUT2D eigenvalue weighted by molar-refractivity contribution is -0.113. The first-order chi connectivity index (χ1) is 17.3. The molecule has 6 nitrogen and oxygen atoms in total. The summed E-state index contributed by atoms with van der Waals surface area (Å²) < 4.78 is 11.7. The van der Waals surface area contributed by atoms with Crippen molar-refractivity contribution in [2.24, 2.45) is 0 Å². The number of hydrogen-bond acceptors (Lipinski definition) is 4. The minimum Gasteiger partial charge on any atom is -0.493 e. The molecule has 3 aromatic carbocycles. The van der Waals surface area contributed by atoms with Crippen molar-refractivity contribution in [1.29, 1.82) is 0 Å². The van der Waals surface area contributed by atoms with Crippen molar-refractivity contribution in [3.8, 4) is 11.5 Å². The van der Waals surface area contributed by atoms with E-state index in [2.05, 4.69) is 11.9 Å². The summed E-state index contributed by atoms with van der Waals surface area (Å²) in [6, 6.07) is 14.7. The quantitative estimate of drug-likeness (QED) is 0.188. The maximum Gasteiger partial charge on any atom is 0.333 e. The third-order valence-corrected chi connectivity index (χ3v) is 6.37. The molecule has 0 spiro atoms. The fraction of sp³-hybridized carbons (Fsp3) is 0.111. The van der Waals surface area contributed by atoms with Crippen molar-refractivity contribution in [2.75, 3.05) is 12.0 Å². The van der Waals surface area contributed by atoms with E-state index in [1.165, 1.54) is 7.11 Å². The Bertz CT molecular complexity index is 1370. The van der Waals surface area contributed by atoms with Crippen LogP contribution >= 0.6 is 34.8 Å². The van der Waals surface area contributed by atoms with Gasteiger partial charge in [0.1, 0.15) is 12.3 Å². The first kappa shape index (κ1) is 25.6. The monoisotopic (exact) mass is 542 g/mol. The zero-order valence-corrected chi connectivity index (χ0v) is 21.5. The van der Waals surface area contributed by atoms with Gasteiger partial charge in [-0.25, -0.2) is 9.69 Å². The Morgan fingerprint density at radius 3 is 2.42 bits per heavy atom. The summed E-state index contributed by atoms with van der Waals surface area (Å²) >= 11 is 18.0. The van der Waals surface area contributed by atoms with E-state index in [4.69, 9.17) is 44.3 Å². The van der Waals surface area contributed by atoms with Crippen molar-refractivity contribution in [1.82, 2.24) is 5.32 Å². The highest BCUT2D eigenvalue weighted by Gasteiger charge is 2.34. The van der Waals surface area contributed by atoms with Crippen LogP contribution in [0.3, 0.4) is 0 Å². The number of urea groups is 1. The summed E-state index contributed by atoms with van der Waals surface area (Å²) in [7, 11) is 1.53. The number of benzene rings is 3. The lowest BCUT2D eigenvalue weighted by atomic mass is 10.0. The van der Waals surface area contributed by atoms with E-state index in [-0.39, 0.29) is 12.3 Å². The number of rotatable bonds is 8. The number of nitrogens with one attached hydrogen (secondary N) is 1. The number of amides is 3. The number of allylic oxidation sites excluding steroid dienone is 1. The Morgan fingerprint density at radius 1 is 1.00 bits per heavy atom. The SMILES string of the molecule is C=CCc1cc(/C=C2/NC(=O)N(c3ccc(Cl)cc3)C2=O)cc(OC)c1OCc1ccc(Cl)c(Cl)c1. The van der Waals surface area contributed by atoms with E-state index >= 15 is 0 Å². The summed E-state index contributed by atoms with van der Waals surface area (Å²) in [6.07, 6.45) is 3.82. The van der Waals surface area contributed by atoms with E-state index in [1.807, 2.05) is 12.1 Å². The van der Waals surface area contributed by atoms with Crippen molar-refractivity contribution in [2.45, 2.75) is 13.0 Å². The molecule has 0 saturated carbocycles. The average molecular weight is 544 g/mol. The zero-order valence-electron chi connectivity index (χ0n) is 19.2. The summed E-state index contributed by atoms with van der Waals surface area (Å²) in [5.74, 6) is 0.522. The maximum absolute atomic E-state index is 13.0. The number of carbonyl (C=O) groups is 2. The van der Waals surface area contributed by atoms with Crippen LogP contribution in [-0.4, -0.2) is 19.0 Å². The van der Waals surface area contributed by atoms with E-state index in [0.717, 1.165) is 16.0 Å². The first-order valence-corrected chi connectivity index (χ1v) is 12.0. The fourth-order valence-corrected chi connectivity index (χ4v) is 4.15. The van der Waals surface area contributed by atoms with Gasteiger partial charge < -0.3 is 14.8 Å². The minimum atomic E-state index is -0.548. The van der Waals surface area contributed by atoms with Gasteiger partial charge in [0, 0.05) is 10.6 Å². The van der Waals surface area contributed by atoms with Crippen LogP contribution < -0.4 is 19.7 Å². The molecule has 1 heterocycles. The molecule has 3 amide bonds. The highest BCUT2D eigenvalue weighted by atomic mass is 35.5. The van der Waals surface area contributed by atoms with Crippen molar-refractivity contribution < 1.29 is 19.1 Å². The van der Waals surface area contributed by atoms with Gasteiger partial charge in [-0.15, -0.1) is 6.58 Å². The molecule has 0 aromatic heterocycles. The van der Waals surface area contributed by atoms with Crippen molar-refractivity contribution in [3.05, 3.63) is 105 Å². The van der Waals surface area contributed by atoms with Gasteiger partial charge in [0.25, 0.3) is 5.91 Å². The lowest BCUT2D eigenvalue weighted by Crippen LogP contribution is -2.30. The summed E-state index contributed by atoms with van der Waals surface area (Å²) in [5.41, 5.74) is 2.82. The second-order valence-electron chi connectivity index (χ2n) is 7.85. The van der Waals surface area contributed by atoms with Gasteiger partial charge in [-0.2, -0.15) is 0 Å². The molecule has 1 saturated heterocycles. The Hall–Kier alpha value is -3.45.